The average Bonchev–Trinajstić information content (AvgIpc) is 2.34. The summed E-state index contributed by atoms with van der Waals surface area (Å²) in [6.07, 6.45) is 1.89. The number of urea groups is 1. The Morgan fingerprint density at radius 3 is 2.58 bits per heavy atom. The van der Waals surface area contributed by atoms with Crippen LogP contribution in [-0.4, -0.2) is 24.0 Å². The zero-order valence-corrected chi connectivity index (χ0v) is 12.1. The lowest BCUT2D eigenvalue weighted by Crippen LogP contribution is -2.40. The number of likely N-dealkylation sites (tertiary alicyclic amines) is 1. The van der Waals surface area contributed by atoms with Crippen LogP contribution in [0.2, 0.25) is 0 Å². The second kappa shape index (κ2) is 5.86. The van der Waals surface area contributed by atoms with Gasteiger partial charge < -0.3 is 10.2 Å². The number of hydrogen-bond acceptors (Lipinski definition) is 1. The molecule has 1 aromatic rings. The van der Waals surface area contributed by atoms with E-state index in [-0.39, 0.29) is 16.2 Å². The highest BCUT2D eigenvalue weighted by Gasteiger charge is 2.22. The minimum absolute atomic E-state index is 0.0231. The molecule has 1 heterocycles. The van der Waals surface area contributed by atoms with E-state index in [0.29, 0.717) is 19.0 Å². The second-order valence-corrected chi connectivity index (χ2v) is 5.70. The molecule has 0 spiro atoms. The molecule has 0 saturated carbocycles. The maximum absolute atomic E-state index is 13.6. The Hall–Kier alpha value is -1.17. The van der Waals surface area contributed by atoms with E-state index in [9.17, 15) is 13.6 Å². The standard InChI is InChI=1S/C13H15BrF2N2O/c1-8-2-4-18(5-3-8)13(19)17-12-10(14)6-9(15)7-11(12)16/h6-8H,2-5H2,1H3,(H,17,19). The lowest BCUT2D eigenvalue weighted by Gasteiger charge is -2.30. The van der Waals surface area contributed by atoms with E-state index >= 15 is 0 Å². The van der Waals surface area contributed by atoms with E-state index in [2.05, 4.69) is 28.2 Å². The van der Waals surface area contributed by atoms with Crippen LogP contribution in [0.3, 0.4) is 0 Å². The summed E-state index contributed by atoms with van der Waals surface area (Å²) in [5, 5.41) is 2.49. The summed E-state index contributed by atoms with van der Waals surface area (Å²) in [7, 11) is 0. The number of carbonyl (C=O) groups excluding carboxylic acids is 1. The number of hydrogen-bond donors (Lipinski definition) is 1. The van der Waals surface area contributed by atoms with Crippen LogP contribution in [-0.2, 0) is 0 Å². The second-order valence-electron chi connectivity index (χ2n) is 4.84. The van der Waals surface area contributed by atoms with E-state index in [1.165, 1.54) is 0 Å². The summed E-state index contributed by atoms with van der Waals surface area (Å²) in [5.41, 5.74) is -0.0231. The van der Waals surface area contributed by atoms with Crippen LogP contribution in [0, 0.1) is 17.6 Å². The molecule has 0 bridgehead atoms. The van der Waals surface area contributed by atoms with Gasteiger partial charge in [-0.05, 0) is 40.8 Å². The summed E-state index contributed by atoms with van der Waals surface area (Å²) in [6, 6.07) is 1.52. The zero-order valence-electron chi connectivity index (χ0n) is 10.5. The van der Waals surface area contributed by atoms with Crippen LogP contribution in [0.1, 0.15) is 19.8 Å². The fraction of sp³-hybridized carbons (Fsp3) is 0.462. The maximum Gasteiger partial charge on any atom is 0.321 e. The first kappa shape index (κ1) is 14.2. The van der Waals surface area contributed by atoms with E-state index in [1.54, 1.807) is 4.90 Å². The largest absolute Gasteiger partial charge is 0.325 e. The Kier molecular flexibility index (Phi) is 4.39. The van der Waals surface area contributed by atoms with Crippen molar-refractivity contribution >= 4 is 27.6 Å². The zero-order chi connectivity index (χ0) is 14.0. The summed E-state index contributed by atoms with van der Waals surface area (Å²) >= 11 is 3.05. The molecule has 1 fully saturated rings. The lowest BCUT2D eigenvalue weighted by molar-refractivity contribution is 0.186. The average molecular weight is 333 g/mol. The van der Waals surface area contributed by atoms with E-state index in [1.807, 2.05) is 0 Å². The number of nitrogens with one attached hydrogen (secondary N) is 1. The minimum atomic E-state index is -0.786. The van der Waals surface area contributed by atoms with Gasteiger partial charge in [0.2, 0.25) is 0 Å². The number of piperidine rings is 1. The third kappa shape index (κ3) is 3.43. The molecular weight excluding hydrogens is 318 g/mol. The predicted molar refractivity (Wildman–Crippen MR) is 73.0 cm³/mol. The third-order valence-electron chi connectivity index (χ3n) is 3.31. The van der Waals surface area contributed by atoms with Gasteiger partial charge >= 0.3 is 6.03 Å². The molecule has 0 aromatic heterocycles. The summed E-state index contributed by atoms with van der Waals surface area (Å²) in [5.74, 6) is -0.863. The highest BCUT2D eigenvalue weighted by atomic mass is 79.9. The van der Waals surface area contributed by atoms with Gasteiger partial charge in [0, 0.05) is 23.6 Å². The first-order valence-corrected chi connectivity index (χ1v) is 6.97. The predicted octanol–water partition coefficient (Wildman–Crippen LogP) is 3.99. The molecule has 0 atom stereocenters. The van der Waals surface area contributed by atoms with Crippen LogP contribution in [0.15, 0.2) is 16.6 Å². The van der Waals surface area contributed by atoms with Crippen LogP contribution in [0.25, 0.3) is 0 Å². The molecule has 0 radical (unpaired) electrons. The first-order chi connectivity index (χ1) is 8.97. The number of carbonyl (C=O) groups is 1. The first-order valence-electron chi connectivity index (χ1n) is 6.18. The molecule has 1 aromatic carbocycles. The molecule has 1 saturated heterocycles. The Balaban J connectivity index is 2.07. The van der Waals surface area contributed by atoms with Gasteiger partial charge in [-0.15, -0.1) is 0 Å². The fourth-order valence-electron chi connectivity index (χ4n) is 2.06. The topological polar surface area (TPSA) is 32.3 Å². The third-order valence-corrected chi connectivity index (χ3v) is 3.94. The van der Waals surface area contributed by atoms with Crippen molar-refractivity contribution in [3.63, 3.8) is 0 Å². The lowest BCUT2D eigenvalue weighted by atomic mass is 10.00. The van der Waals surface area contributed by atoms with Gasteiger partial charge in [0.05, 0.1) is 5.69 Å². The van der Waals surface area contributed by atoms with E-state index < -0.39 is 11.6 Å². The highest BCUT2D eigenvalue weighted by molar-refractivity contribution is 9.10. The number of halogens is 3. The normalized spacial score (nSPS) is 16.5. The fourth-order valence-corrected chi connectivity index (χ4v) is 2.57. The van der Waals surface area contributed by atoms with Crippen molar-refractivity contribution in [2.45, 2.75) is 19.8 Å². The van der Waals surface area contributed by atoms with Gasteiger partial charge in [-0.1, -0.05) is 6.92 Å². The molecule has 6 heteroatoms. The van der Waals surface area contributed by atoms with Crippen molar-refractivity contribution in [2.75, 3.05) is 18.4 Å². The van der Waals surface area contributed by atoms with Crippen molar-refractivity contribution in [3.05, 3.63) is 28.2 Å². The SMILES string of the molecule is CC1CCN(C(=O)Nc2c(F)cc(F)cc2Br)CC1. The molecule has 1 N–H and O–H groups in total. The minimum Gasteiger partial charge on any atom is -0.325 e. The number of rotatable bonds is 1. The highest BCUT2D eigenvalue weighted by Crippen LogP contribution is 2.27. The number of anilines is 1. The van der Waals surface area contributed by atoms with Gasteiger partial charge in [-0.25, -0.2) is 13.6 Å². The van der Waals surface area contributed by atoms with Crippen molar-refractivity contribution in [2.24, 2.45) is 5.92 Å². The molecule has 1 aliphatic rings. The maximum atomic E-state index is 13.6. The van der Waals surface area contributed by atoms with Crippen LogP contribution in [0.5, 0.6) is 0 Å². The Labute approximate surface area is 119 Å². The van der Waals surface area contributed by atoms with Gasteiger partial charge in [-0.3, -0.25) is 0 Å². The number of nitrogens with zero attached hydrogens (tertiary/aromatic N) is 1. The Morgan fingerprint density at radius 1 is 1.37 bits per heavy atom. The molecule has 19 heavy (non-hydrogen) atoms. The van der Waals surface area contributed by atoms with Crippen molar-refractivity contribution in [1.82, 2.24) is 4.90 Å². The molecule has 0 aliphatic carbocycles. The van der Waals surface area contributed by atoms with E-state index in [4.69, 9.17) is 0 Å². The summed E-state index contributed by atoms with van der Waals surface area (Å²) < 4.78 is 26.7. The number of benzene rings is 1. The number of amides is 2. The van der Waals surface area contributed by atoms with Crippen LogP contribution in [0.4, 0.5) is 19.3 Å². The molecule has 0 unspecified atom stereocenters. The van der Waals surface area contributed by atoms with Crippen molar-refractivity contribution in [3.8, 4) is 0 Å². The van der Waals surface area contributed by atoms with Crippen molar-refractivity contribution in [1.29, 1.82) is 0 Å². The summed E-state index contributed by atoms with van der Waals surface area (Å²) in [4.78, 5) is 13.6. The Morgan fingerprint density at radius 2 is 2.00 bits per heavy atom. The molecule has 3 nitrogen and oxygen atoms in total. The van der Waals surface area contributed by atoms with Gasteiger partial charge in [0.1, 0.15) is 5.82 Å². The molecule has 2 amide bonds. The quantitative estimate of drug-likeness (QED) is 0.828. The van der Waals surface area contributed by atoms with Gasteiger partial charge in [0.15, 0.2) is 5.82 Å². The molecule has 2 rings (SSSR count). The van der Waals surface area contributed by atoms with Gasteiger partial charge in [0.25, 0.3) is 0 Å². The Bertz CT molecular complexity index is 465. The molecular formula is C13H15BrF2N2O. The molecule has 104 valence electrons. The summed E-state index contributed by atoms with van der Waals surface area (Å²) in [6.45, 7) is 3.46. The van der Waals surface area contributed by atoms with Crippen molar-refractivity contribution < 1.29 is 13.6 Å². The monoisotopic (exact) mass is 332 g/mol. The van der Waals surface area contributed by atoms with Crippen LogP contribution < -0.4 is 5.32 Å². The molecule has 1 aliphatic heterocycles. The van der Waals surface area contributed by atoms with E-state index in [0.717, 1.165) is 25.0 Å². The smallest absolute Gasteiger partial charge is 0.321 e. The van der Waals surface area contributed by atoms with Crippen LogP contribution >= 0.6 is 15.9 Å². The van der Waals surface area contributed by atoms with Gasteiger partial charge in [-0.2, -0.15) is 0 Å².